The van der Waals surface area contributed by atoms with E-state index < -0.39 is 5.91 Å². The largest absolute Gasteiger partial charge is 0.397 e. The van der Waals surface area contributed by atoms with Crippen molar-refractivity contribution in [3.8, 4) is 0 Å². The van der Waals surface area contributed by atoms with Crippen LogP contribution in [-0.2, 0) is 0 Å². The van der Waals surface area contributed by atoms with Crippen molar-refractivity contribution in [2.75, 3.05) is 24.2 Å². The minimum atomic E-state index is -0.593. The number of anilines is 2. The second-order valence-corrected chi connectivity index (χ2v) is 4.87. The summed E-state index contributed by atoms with van der Waals surface area (Å²) in [5.41, 5.74) is 11.6. The molecule has 0 fully saturated rings. The van der Waals surface area contributed by atoms with Gasteiger partial charge in [0.1, 0.15) is 5.00 Å². The number of Topliss-reactive ketones (excluding diaryl/α,β-unsaturated/α-hetero) is 1. The van der Waals surface area contributed by atoms with E-state index in [0.717, 1.165) is 13.0 Å². The van der Waals surface area contributed by atoms with Gasteiger partial charge in [0.15, 0.2) is 5.78 Å². The number of carbonyl (C=O) groups is 2. The molecule has 17 heavy (non-hydrogen) atoms. The number of amides is 1. The normalized spacial score (nSPS) is 10.3. The van der Waals surface area contributed by atoms with Gasteiger partial charge in [-0.2, -0.15) is 0 Å². The molecular weight excluding hydrogens is 238 g/mol. The third kappa shape index (κ3) is 2.58. The first-order valence-electron chi connectivity index (χ1n) is 5.34. The highest BCUT2D eigenvalue weighted by atomic mass is 32.1. The van der Waals surface area contributed by atoms with Gasteiger partial charge in [-0.3, -0.25) is 9.59 Å². The monoisotopic (exact) mass is 255 g/mol. The van der Waals surface area contributed by atoms with E-state index in [1.165, 1.54) is 18.3 Å². The summed E-state index contributed by atoms with van der Waals surface area (Å²) in [5, 5.41) is 0.669. The first-order chi connectivity index (χ1) is 7.90. The van der Waals surface area contributed by atoms with Crippen LogP contribution in [0, 0.1) is 0 Å². The fraction of sp³-hybridized carbons (Fsp3) is 0.455. The van der Waals surface area contributed by atoms with Gasteiger partial charge in [0.2, 0.25) is 0 Å². The van der Waals surface area contributed by atoms with Gasteiger partial charge in [0.05, 0.1) is 16.1 Å². The minimum absolute atomic E-state index is 0.147. The van der Waals surface area contributed by atoms with Crippen LogP contribution in [0.25, 0.3) is 0 Å². The first kappa shape index (κ1) is 13.5. The molecule has 1 rings (SSSR count). The van der Waals surface area contributed by atoms with Crippen LogP contribution in [0.15, 0.2) is 0 Å². The van der Waals surface area contributed by atoms with Gasteiger partial charge in [-0.25, -0.2) is 0 Å². The average Bonchev–Trinajstić information content (AvgIpc) is 2.56. The van der Waals surface area contributed by atoms with Crippen molar-refractivity contribution in [2.24, 2.45) is 5.73 Å². The van der Waals surface area contributed by atoms with Crippen LogP contribution in [0.4, 0.5) is 10.7 Å². The van der Waals surface area contributed by atoms with Crippen LogP contribution >= 0.6 is 11.3 Å². The predicted octanol–water partition coefficient (Wildman–Crippen LogP) is 1.48. The van der Waals surface area contributed by atoms with Crippen molar-refractivity contribution < 1.29 is 9.59 Å². The molecule has 1 heterocycles. The molecule has 1 amide bonds. The summed E-state index contributed by atoms with van der Waals surface area (Å²) in [6.45, 7) is 4.23. The summed E-state index contributed by atoms with van der Waals surface area (Å²) >= 11 is 1.22. The fourth-order valence-electron chi connectivity index (χ4n) is 1.64. The molecule has 0 aliphatic heterocycles. The van der Waals surface area contributed by atoms with Crippen LogP contribution in [0.3, 0.4) is 0 Å². The summed E-state index contributed by atoms with van der Waals surface area (Å²) in [5.74, 6) is -0.740. The number of nitrogen functional groups attached to an aromatic ring is 1. The molecule has 5 nitrogen and oxygen atoms in total. The van der Waals surface area contributed by atoms with Gasteiger partial charge in [0.25, 0.3) is 5.91 Å². The summed E-state index contributed by atoms with van der Waals surface area (Å²) in [7, 11) is 1.85. The van der Waals surface area contributed by atoms with Gasteiger partial charge in [-0.05, 0) is 6.42 Å². The van der Waals surface area contributed by atoms with Gasteiger partial charge < -0.3 is 16.4 Å². The lowest BCUT2D eigenvalue weighted by Gasteiger charge is -2.17. The van der Waals surface area contributed by atoms with E-state index in [1.807, 2.05) is 18.9 Å². The Balaban J connectivity index is 3.33. The van der Waals surface area contributed by atoms with Crippen LogP contribution in [-0.4, -0.2) is 25.3 Å². The van der Waals surface area contributed by atoms with E-state index in [2.05, 4.69) is 0 Å². The Morgan fingerprint density at radius 2 is 2.00 bits per heavy atom. The molecule has 6 heteroatoms. The molecule has 0 saturated carbocycles. The van der Waals surface area contributed by atoms with Crippen molar-refractivity contribution in [1.82, 2.24) is 0 Å². The molecule has 0 unspecified atom stereocenters. The highest BCUT2D eigenvalue weighted by Gasteiger charge is 2.24. The smallest absolute Gasteiger partial charge is 0.253 e. The molecule has 0 radical (unpaired) electrons. The lowest BCUT2D eigenvalue weighted by molar-refractivity contribution is 0.100. The van der Waals surface area contributed by atoms with Crippen LogP contribution in [0.2, 0.25) is 0 Å². The van der Waals surface area contributed by atoms with Crippen molar-refractivity contribution in [2.45, 2.75) is 20.3 Å². The number of hydrogen-bond donors (Lipinski definition) is 2. The van der Waals surface area contributed by atoms with Crippen LogP contribution in [0.5, 0.6) is 0 Å². The van der Waals surface area contributed by atoms with Crippen molar-refractivity contribution in [3.63, 3.8) is 0 Å². The maximum Gasteiger partial charge on any atom is 0.253 e. The quantitative estimate of drug-likeness (QED) is 0.780. The highest BCUT2D eigenvalue weighted by molar-refractivity contribution is 7.19. The predicted molar refractivity (Wildman–Crippen MR) is 70.8 cm³/mol. The molecule has 0 bridgehead atoms. The summed E-state index contributed by atoms with van der Waals surface area (Å²) < 4.78 is 0. The number of rotatable bonds is 5. The fourth-order valence-corrected chi connectivity index (χ4v) is 2.75. The van der Waals surface area contributed by atoms with E-state index in [1.54, 1.807) is 0 Å². The van der Waals surface area contributed by atoms with E-state index in [9.17, 15) is 9.59 Å². The van der Waals surface area contributed by atoms with Gasteiger partial charge in [-0.15, -0.1) is 11.3 Å². The standard InChI is InChI=1S/C11H17N3O2S/c1-4-5-14(3)11-7(10(13)16)8(12)9(17-11)6(2)15/h4-5,12H2,1-3H3,(H2,13,16). The maximum atomic E-state index is 11.4. The van der Waals surface area contributed by atoms with Gasteiger partial charge >= 0.3 is 0 Å². The number of nitrogens with zero attached hydrogens (tertiary/aromatic N) is 1. The summed E-state index contributed by atoms with van der Waals surface area (Å²) in [6.07, 6.45) is 0.932. The lowest BCUT2D eigenvalue weighted by Crippen LogP contribution is -2.21. The summed E-state index contributed by atoms with van der Waals surface area (Å²) in [6, 6.07) is 0. The molecule has 4 N–H and O–H groups in total. The zero-order valence-electron chi connectivity index (χ0n) is 10.2. The number of primary amides is 1. The maximum absolute atomic E-state index is 11.4. The van der Waals surface area contributed by atoms with E-state index in [0.29, 0.717) is 9.88 Å². The second kappa shape index (κ2) is 5.18. The Morgan fingerprint density at radius 3 is 2.41 bits per heavy atom. The summed E-state index contributed by atoms with van der Waals surface area (Å²) in [4.78, 5) is 25.1. The number of carbonyl (C=O) groups excluding carboxylic acids is 2. The molecule has 0 saturated heterocycles. The lowest BCUT2D eigenvalue weighted by atomic mass is 10.2. The Hall–Kier alpha value is -1.56. The average molecular weight is 255 g/mol. The molecule has 94 valence electrons. The Bertz CT molecular complexity index is 454. The molecule has 0 atom stereocenters. The third-order valence-electron chi connectivity index (χ3n) is 2.40. The molecule has 0 spiro atoms. The van der Waals surface area contributed by atoms with Crippen molar-refractivity contribution in [1.29, 1.82) is 0 Å². The SMILES string of the molecule is CCCN(C)c1sc(C(C)=O)c(N)c1C(N)=O. The molecular formula is C11H17N3O2S. The zero-order valence-corrected chi connectivity index (χ0v) is 11.1. The minimum Gasteiger partial charge on any atom is -0.397 e. The number of thiophene rings is 1. The van der Waals surface area contributed by atoms with Crippen LogP contribution in [0.1, 0.15) is 40.3 Å². The van der Waals surface area contributed by atoms with Gasteiger partial charge in [0, 0.05) is 20.5 Å². The Morgan fingerprint density at radius 1 is 1.41 bits per heavy atom. The number of hydrogen-bond acceptors (Lipinski definition) is 5. The highest BCUT2D eigenvalue weighted by Crippen LogP contribution is 2.37. The van der Waals surface area contributed by atoms with Crippen LogP contribution < -0.4 is 16.4 Å². The Kier molecular flexibility index (Phi) is 4.11. The molecule has 1 aromatic heterocycles. The number of ketones is 1. The molecule has 1 aromatic rings. The van der Waals surface area contributed by atoms with E-state index in [-0.39, 0.29) is 17.0 Å². The molecule has 0 aromatic carbocycles. The van der Waals surface area contributed by atoms with E-state index >= 15 is 0 Å². The third-order valence-corrected chi connectivity index (χ3v) is 3.82. The van der Waals surface area contributed by atoms with Gasteiger partial charge in [-0.1, -0.05) is 6.92 Å². The topological polar surface area (TPSA) is 89.4 Å². The molecule has 0 aliphatic carbocycles. The first-order valence-corrected chi connectivity index (χ1v) is 6.15. The van der Waals surface area contributed by atoms with E-state index in [4.69, 9.17) is 11.5 Å². The second-order valence-electron chi connectivity index (χ2n) is 3.87. The number of nitrogens with two attached hydrogens (primary N) is 2. The van der Waals surface area contributed by atoms with Crippen molar-refractivity contribution >= 4 is 33.7 Å². The van der Waals surface area contributed by atoms with Crippen molar-refractivity contribution in [3.05, 3.63) is 10.4 Å². The molecule has 0 aliphatic rings. The Labute approximate surface area is 104 Å². The zero-order chi connectivity index (χ0) is 13.2.